The fourth-order valence-corrected chi connectivity index (χ4v) is 3.50. The Bertz CT molecular complexity index is 1130. The average Bonchev–Trinajstić information content (AvgIpc) is 3.20. The number of thiazole rings is 1. The molecule has 0 saturated heterocycles. The molecular weight excluding hydrogens is 457 g/mol. The van der Waals surface area contributed by atoms with Gasteiger partial charge in [0.2, 0.25) is 5.91 Å². The minimum atomic E-state index is -4.43. The third-order valence-corrected chi connectivity index (χ3v) is 5.03. The highest BCUT2D eigenvalue weighted by Gasteiger charge is 2.30. The summed E-state index contributed by atoms with van der Waals surface area (Å²) in [6.45, 7) is 2.34. The summed E-state index contributed by atoms with van der Waals surface area (Å²) < 4.78 is 49.3. The van der Waals surface area contributed by atoms with Crippen LogP contribution in [0.1, 0.15) is 23.7 Å². The molecule has 0 fully saturated rings. The van der Waals surface area contributed by atoms with Crippen LogP contribution in [-0.2, 0) is 17.4 Å². The molecule has 0 spiro atoms. The van der Waals surface area contributed by atoms with E-state index in [4.69, 9.17) is 9.47 Å². The van der Waals surface area contributed by atoms with Gasteiger partial charge in [0, 0.05) is 11.1 Å². The summed E-state index contributed by atoms with van der Waals surface area (Å²) >= 11 is 1.18. The summed E-state index contributed by atoms with van der Waals surface area (Å²) in [7, 11) is 1.55. The molecule has 0 atom stereocenters. The molecule has 2 aromatic carbocycles. The van der Waals surface area contributed by atoms with Gasteiger partial charge in [-0.2, -0.15) is 18.3 Å². The van der Waals surface area contributed by atoms with Crippen LogP contribution in [0, 0.1) is 0 Å². The van der Waals surface area contributed by atoms with E-state index in [9.17, 15) is 18.0 Å². The maximum absolute atomic E-state index is 12.8. The van der Waals surface area contributed by atoms with Gasteiger partial charge >= 0.3 is 6.18 Å². The van der Waals surface area contributed by atoms with Crippen molar-refractivity contribution in [2.45, 2.75) is 19.5 Å². The molecule has 33 heavy (non-hydrogen) atoms. The van der Waals surface area contributed by atoms with Crippen LogP contribution in [0.5, 0.6) is 11.5 Å². The molecule has 0 aliphatic carbocycles. The summed E-state index contributed by atoms with van der Waals surface area (Å²) in [5.74, 6) is 0.773. The number of hydrogen-bond acceptors (Lipinski definition) is 7. The van der Waals surface area contributed by atoms with Gasteiger partial charge < -0.3 is 14.8 Å². The van der Waals surface area contributed by atoms with Crippen LogP contribution in [0.4, 0.5) is 24.0 Å². The first kappa shape index (κ1) is 24.1. The number of alkyl halides is 3. The zero-order valence-electron chi connectivity index (χ0n) is 17.8. The van der Waals surface area contributed by atoms with Gasteiger partial charge in [0.1, 0.15) is 0 Å². The number of carbonyl (C=O) groups excluding carboxylic acids is 1. The van der Waals surface area contributed by atoms with Gasteiger partial charge in [-0.1, -0.05) is 6.07 Å². The minimum Gasteiger partial charge on any atom is -0.493 e. The van der Waals surface area contributed by atoms with Gasteiger partial charge in [0.15, 0.2) is 16.6 Å². The fourth-order valence-electron chi connectivity index (χ4n) is 2.77. The van der Waals surface area contributed by atoms with E-state index in [-0.39, 0.29) is 18.0 Å². The van der Waals surface area contributed by atoms with Crippen LogP contribution < -0.4 is 20.2 Å². The number of carbonyl (C=O) groups is 1. The lowest BCUT2D eigenvalue weighted by molar-refractivity contribution is -0.137. The Morgan fingerprint density at radius 1 is 1.21 bits per heavy atom. The smallest absolute Gasteiger partial charge is 0.416 e. The topological polar surface area (TPSA) is 84.8 Å². The first-order chi connectivity index (χ1) is 15.8. The maximum atomic E-state index is 12.8. The molecule has 3 rings (SSSR count). The summed E-state index contributed by atoms with van der Waals surface area (Å²) in [5, 5.41) is 8.78. The minimum absolute atomic E-state index is 0.0368. The Labute approximate surface area is 192 Å². The van der Waals surface area contributed by atoms with Gasteiger partial charge in [-0.3, -0.25) is 4.79 Å². The lowest BCUT2D eigenvalue weighted by Gasteiger charge is -2.09. The molecule has 0 radical (unpaired) electrons. The highest BCUT2D eigenvalue weighted by molar-refractivity contribution is 7.13. The second-order valence-electron chi connectivity index (χ2n) is 6.66. The molecule has 0 aliphatic rings. The zero-order valence-corrected chi connectivity index (χ0v) is 18.6. The zero-order chi connectivity index (χ0) is 23.8. The van der Waals surface area contributed by atoms with E-state index in [1.165, 1.54) is 29.7 Å². The summed E-state index contributed by atoms with van der Waals surface area (Å²) in [5.41, 5.74) is 3.09. The predicted octanol–water partition coefficient (Wildman–Crippen LogP) is 5.01. The van der Waals surface area contributed by atoms with Crippen molar-refractivity contribution >= 4 is 34.3 Å². The molecule has 7 nitrogen and oxygen atoms in total. The molecule has 0 saturated carbocycles. The first-order valence-corrected chi connectivity index (χ1v) is 10.7. The third kappa shape index (κ3) is 6.94. The van der Waals surface area contributed by atoms with E-state index in [2.05, 4.69) is 20.8 Å². The van der Waals surface area contributed by atoms with Gasteiger partial charge in [0.05, 0.1) is 37.6 Å². The van der Waals surface area contributed by atoms with Crippen LogP contribution in [0.3, 0.4) is 0 Å². The third-order valence-electron chi connectivity index (χ3n) is 4.22. The second-order valence-corrected chi connectivity index (χ2v) is 7.52. The summed E-state index contributed by atoms with van der Waals surface area (Å²) in [4.78, 5) is 16.4. The van der Waals surface area contributed by atoms with Crippen molar-refractivity contribution in [2.75, 3.05) is 19.0 Å². The normalized spacial score (nSPS) is 11.4. The Kier molecular flexibility index (Phi) is 7.88. The number of ether oxygens (including phenoxy) is 2. The number of amides is 1. The fraction of sp³-hybridized carbons (Fsp3) is 0.227. The van der Waals surface area contributed by atoms with Crippen LogP contribution in [0.15, 0.2) is 52.9 Å². The predicted molar refractivity (Wildman–Crippen MR) is 120 cm³/mol. The van der Waals surface area contributed by atoms with Gasteiger partial charge in [0.25, 0.3) is 0 Å². The average molecular weight is 478 g/mol. The lowest BCUT2D eigenvalue weighted by Crippen LogP contribution is -2.19. The molecule has 11 heteroatoms. The van der Waals surface area contributed by atoms with Crippen LogP contribution in [0.2, 0.25) is 0 Å². The summed E-state index contributed by atoms with van der Waals surface area (Å²) in [6, 6.07) is 10.1. The highest BCUT2D eigenvalue weighted by Crippen LogP contribution is 2.32. The molecule has 174 valence electrons. The Morgan fingerprint density at radius 3 is 2.76 bits per heavy atom. The van der Waals surface area contributed by atoms with Crippen molar-refractivity contribution in [1.82, 2.24) is 10.4 Å². The number of aromatic nitrogens is 1. The van der Waals surface area contributed by atoms with E-state index < -0.39 is 11.7 Å². The largest absolute Gasteiger partial charge is 0.493 e. The molecule has 0 unspecified atom stereocenters. The number of methoxy groups -OCH3 is 1. The van der Waals surface area contributed by atoms with E-state index in [1.807, 2.05) is 6.92 Å². The number of nitrogens with zero attached hydrogens (tertiary/aromatic N) is 2. The van der Waals surface area contributed by atoms with Crippen molar-refractivity contribution in [1.29, 1.82) is 0 Å². The van der Waals surface area contributed by atoms with Crippen LogP contribution in [0.25, 0.3) is 0 Å². The van der Waals surface area contributed by atoms with Crippen LogP contribution >= 0.6 is 11.3 Å². The molecule has 1 aromatic heterocycles. The van der Waals surface area contributed by atoms with Crippen LogP contribution in [-0.4, -0.2) is 30.8 Å². The molecule has 3 aromatic rings. The number of anilines is 2. The summed E-state index contributed by atoms with van der Waals surface area (Å²) in [6.07, 6.45) is -2.99. The molecule has 1 amide bonds. The SMILES string of the molecule is CCOc1cc(/C=N\NC(=O)Cc2csc(Nc3cccc(C(F)(F)F)c3)n2)ccc1OC. The quantitative estimate of drug-likeness (QED) is 0.334. The molecule has 0 bridgehead atoms. The Balaban J connectivity index is 1.55. The Hall–Kier alpha value is -3.60. The molecule has 2 N–H and O–H groups in total. The van der Waals surface area contributed by atoms with Crippen molar-refractivity contribution < 1.29 is 27.4 Å². The lowest BCUT2D eigenvalue weighted by atomic mass is 10.2. The standard InChI is InChI=1S/C22H21F3N4O3S/c1-3-32-19-9-14(7-8-18(19)31-2)12-26-29-20(30)11-17-13-33-21(28-17)27-16-6-4-5-15(10-16)22(23,24)25/h4-10,12-13H,3,11H2,1-2H3,(H,27,28)(H,29,30)/b26-12-. The maximum Gasteiger partial charge on any atom is 0.416 e. The van der Waals surface area contributed by atoms with E-state index in [1.54, 1.807) is 30.7 Å². The number of hydrogen-bond donors (Lipinski definition) is 2. The van der Waals surface area contributed by atoms with E-state index >= 15 is 0 Å². The van der Waals surface area contributed by atoms with Gasteiger partial charge in [-0.15, -0.1) is 11.3 Å². The van der Waals surface area contributed by atoms with Gasteiger partial charge in [-0.25, -0.2) is 10.4 Å². The first-order valence-electron chi connectivity index (χ1n) is 9.80. The number of hydrazone groups is 1. The number of benzene rings is 2. The number of rotatable bonds is 9. The molecular formula is C22H21F3N4O3S. The van der Waals surface area contributed by atoms with Gasteiger partial charge in [-0.05, 0) is 48.9 Å². The van der Waals surface area contributed by atoms with E-state index in [0.29, 0.717) is 34.5 Å². The monoisotopic (exact) mass is 478 g/mol. The van der Waals surface area contributed by atoms with E-state index in [0.717, 1.165) is 12.1 Å². The van der Waals surface area contributed by atoms with Crippen molar-refractivity contribution in [3.05, 3.63) is 64.7 Å². The Morgan fingerprint density at radius 2 is 2.03 bits per heavy atom. The molecule has 0 aliphatic heterocycles. The van der Waals surface area contributed by atoms with Crippen molar-refractivity contribution in [3.8, 4) is 11.5 Å². The highest BCUT2D eigenvalue weighted by atomic mass is 32.1. The molecule has 1 heterocycles. The number of halogens is 3. The second kappa shape index (κ2) is 10.8. The van der Waals surface area contributed by atoms with Crippen molar-refractivity contribution in [3.63, 3.8) is 0 Å². The van der Waals surface area contributed by atoms with Crippen molar-refractivity contribution in [2.24, 2.45) is 5.10 Å². The number of nitrogens with one attached hydrogen (secondary N) is 2.